The summed E-state index contributed by atoms with van der Waals surface area (Å²) >= 11 is 1.58. The largest absolute Gasteiger partial charge is 0.496 e. The number of hydrogen-bond acceptors (Lipinski definition) is 6. The summed E-state index contributed by atoms with van der Waals surface area (Å²) in [6, 6.07) is 19.9. The van der Waals surface area contributed by atoms with E-state index in [0.29, 0.717) is 28.2 Å². The van der Waals surface area contributed by atoms with Crippen molar-refractivity contribution in [3.63, 3.8) is 0 Å². The molecular formula is C26H24N4O4S. The van der Waals surface area contributed by atoms with E-state index in [1.165, 1.54) is 14.0 Å². The molecule has 0 spiro atoms. The Morgan fingerprint density at radius 2 is 1.71 bits per heavy atom. The summed E-state index contributed by atoms with van der Waals surface area (Å²) in [4.78, 5) is 44.3. The Morgan fingerprint density at radius 3 is 2.43 bits per heavy atom. The molecule has 0 bridgehead atoms. The van der Waals surface area contributed by atoms with Crippen molar-refractivity contribution in [3.8, 4) is 5.75 Å². The molecule has 0 saturated carbocycles. The number of nitrogens with one attached hydrogen (secondary N) is 3. The van der Waals surface area contributed by atoms with Gasteiger partial charge in [0, 0.05) is 22.4 Å². The summed E-state index contributed by atoms with van der Waals surface area (Å²) in [7, 11) is 1.49. The third-order valence-corrected chi connectivity index (χ3v) is 6.26. The number of amides is 2. The van der Waals surface area contributed by atoms with Crippen molar-refractivity contribution in [1.82, 2.24) is 20.8 Å². The Labute approximate surface area is 206 Å². The van der Waals surface area contributed by atoms with Gasteiger partial charge in [0.1, 0.15) is 5.75 Å². The third-order valence-electron chi connectivity index (χ3n) is 5.31. The van der Waals surface area contributed by atoms with Gasteiger partial charge in [0.25, 0.3) is 5.91 Å². The van der Waals surface area contributed by atoms with Crippen LogP contribution in [0.4, 0.5) is 0 Å². The molecule has 4 aromatic rings. The predicted octanol–water partition coefficient (Wildman–Crippen LogP) is 4.07. The molecule has 4 rings (SSSR count). The molecule has 0 fully saturated rings. The molecule has 8 nitrogen and oxygen atoms in total. The number of carbonyl (C=O) groups is 3. The summed E-state index contributed by atoms with van der Waals surface area (Å²) in [5.74, 6) is 0.213. The first kappa shape index (κ1) is 24.0. The van der Waals surface area contributed by atoms with E-state index >= 15 is 0 Å². The van der Waals surface area contributed by atoms with E-state index in [-0.39, 0.29) is 12.2 Å². The first-order valence-electron chi connectivity index (χ1n) is 10.9. The van der Waals surface area contributed by atoms with Gasteiger partial charge in [-0.2, -0.15) is 0 Å². The highest BCUT2D eigenvalue weighted by molar-refractivity contribution is 7.98. The summed E-state index contributed by atoms with van der Waals surface area (Å²) in [5, 5.41) is 0.834. The Hall–Kier alpha value is -4.11. The lowest BCUT2D eigenvalue weighted by Gasteiger charge is -2.11. The van der Waals surface area contributed by atoms with Crippen LogP contribution in [0, 0.1) is 0 Å². The van der Waals surface area contributed by atoms with Crippen molar-refractivity contribution in [3.05, 3.63) is 89.0 Å². The Balaban J connectivity index is 1.29. The lowest BCUT2D eigenvalue weighted by Crippen LogP contribution is -2.42. The fourth-order valence-corrected chi connectivity index (χ4v) is 4.29. The van der Waals surface area contributed by atoms with E-state index in [1.54, 1.807) is 42.1 Å². The molecule has 2 amide bonds. The maximum atomic E-state index is 12.4. The normalized spacial score (nSPS) is 10.7. The van der Waals surface area contributed by atoms with Gasteiger partial charge in [-0.05, 0) is 55.0 Å². The van der Waals surface area contributed by atoms with E-state index in [9.17, 15) is 14.4 Å². The number of fused-ring (bicyclic) bond motifs is 1. The number of hydrazine groups is 1. The summed E-state index contributed by atoms with van der Waals surface area (Å²) in [6.45, 7) is 1.45. The molecule has 9 heteroatoms. The number of para-hydroxylation sites is 2. The van der Waals surface area contributed by atoms with Crippen LogP contribution in [-0.4, -0.2) is 34.7 Å². The van der Waals surface area contributed by atoms with Gasteiger partial charge in [-0.25, -0.2) is 4.98 Å². The molecule has 1 heterocycles. The van der Waals surface area contributed by atoms with Crippen molar-refractivity contribution < 1.29 is 19.1 Å². The number of ketones is 1. The van der Waals surface area contributed by atoms with Gasteiger partial charge in [0.05, 0.1) is 24.6 Å². The molecule has 3 N–H and O–H groups in total. The number of imidazole rings is 1. The van der Waals surface area contributed by atoms with Crippen LogP contribution in [0.2, 0.25) is 0 Å². The van der Waals surface area contributed by atoms with Gasteiger partial charge in [-0.1, -0.05) is 36.0 Å². The smallest absolute Gasteiger partial charge is 0.269 e. The standard InChI is InChI=1S/C26H24N4O4S/c1-16(31)19-11-12-23(34-2)20(13-19)14-24(32)29-30-25(33)18-9-7-17(8-10-18)15-35-26-27-21-5-3-4-6-22(21)28-26/h3-13H,14-15H2,1-2H3,(H,27,28)(H,29,32)(H,30,33). The number of carbonyl (C=O) groups excluding carboxylic acids is 3. The fourth-order valence-electron chi connectivity index (χ4n) is 3.45. The van der Waals surface area contributed by atoms with Gasteiger partial charge in [-0.3, -0.25) is 25.2 Å². The molecule has 0 aliphatic heterocycles. The molecule has 0 unspecified atom stereocenters. The predicted molar refractivity (Wildman–Crippen MR) is 134 cm³/mol. The number of methoxy groups -OCH3 is 1. The van der Waals surface area contributed by atoms with E-state index in [0.717, 1.165) is 21.8 Å². The van der Waals surface area contributed by atoms with Crippen LogP contribution in [0.3, 0.4) is 0 Å². The molecule has 35 heavy (non-hydrogen) atoms. The SMILES string of the molecule is COc1ccc(C(C)=O)cc1CC(=O)NNC(=O)c1ccc(CSc2nc3ccccc3[nH]2)cc1. The summed E-state index contributed by atoms with van der Waals surface area (Å²) in [5.41, 5.74) is 9.23. The number of hydrogen-bond donors (Lipinski definition) is 3. The molecule has 3 aromatic carbocycles. The van der Waals surface area contributed by atoms with Crippen molar-refractivity contribution in [2.75, 3.05) is 7.11 Å². The number of Topliss-reactive ketones (excluding diaryl/α,β-unsaturated/α-hetero) is 1. The molecule has 178 valence electrons. The van der Waals surface area contributed by atoms with E-state index in [4.69, 9.17) is 4.74 Å². The lowest BCUT2D eigenvalue weighted by molar-refractivity contribution is -0.121. The minimum atomic E-state index is -0.434. The number of nitrogens with zero attached hydrogens (tertiary/aromatic N) is 1. The number of H-pyrrole nitrogens is 1. The number of thioether (sulfide) groups is 1. The zero-order valence-corrected chi connectivity index (χ0v) is 20.1. The maximum absolute atomic E-state index is 12.4. The first-order valence-corrected chi connectivity index (χ1v) is 11.8. The zero-order chi connectivity index (χ0) is 24.8. The molecule has 0 saturated heterocycles. The molecule has 0 radical (unpaired) electrons. The first-order chi connectivity index (χ1) is 16.9. The topological polar surface area (TPSA) is 113 Å². The van der Waals surface area contributed by atoms with Gasteiger partial charge in [0.2, 0.25) is 5.91 Å². The molecule has 0 atom stereocenters. The number of aromatic amines is 1. The monoisotopic (exact) mass is 488 g/mol. The average Bonchev–Trinajstić information content (AvgIpc) is 3.29. The molecule has 0 aliphatic carbocycles. The van der Waals surface area contributed by atoms with Crippen LogP contribution in [0.1, 0.15) is 38.8 Å². The van der Waals surface area contributed by atoms with Gasteiger partial charge in [-0.15, -0.1) is 0 Å². The summed E-state index contributed by atoms with van der Waals surface area (Å²) < 4.78 is 5.26. The highest BCUT2D eigenvalue weighted by Crippen LogP contribution is 2.23. The Bertz CT molecular complexity index is 1350. The van der Waals surface area contributed by atoms with Gasteiger partial charge in [0.15, 0.2) is 10.9 Å². The van der Waals surface area contributed by atoms with Crippen LogP contribution in [0.15, 0.2) is 71.9 Å². The minimum Gasteiger partial charge on any atom is -0.496 e. The van der Waals surface area contributed by atoms with E-state index in [1.807, 2.05) is 36.4 Å². The second-order valence-electron chi connectivity index (χ2n) is 7.81. The highest BCUT2D eigenvalue weighted by Gasteiger charge is 2.13. The van der Waals surface area contributed by atoms with Crippen LogP contribution in [0.25, 0.3) is 11.0 Å². The number of benzene rings is 3. The van der Waals surface area contributed by atoms with Crippen LogP contribution in [-0.2, 0) is 17.0 Å². The second-order valence-corrected chi connectivity index (χ2v) is 8.77. The maximum Gasteiger partial charge on any atom is 0.269 e. The van der Waals surface area contributed by atoms with Crippen molar-refractivity contribution in [2.24, 2.45) is 0 Å². The number of rotatable bonds is 8. The van der Waals surface area contributed by atoms with Gasteiger partial charge >= 0.3 is 0 Å². The van der Waals surface area contributed by atoms with Gasteiger partial charge < -0.3 is 9.72 Å². The van der Waals surface area contributed by atoms with Crippen molar-refractivity contribution in [1.29, 1.82) is 0 Å². The zero-order valence-electron chi connectivity index (χ0n) is 19.3. The van der Waals surface area contributed by atoms with E-state index in [2.05, 4.69) is 20.8 Å². The van der Waals surface area contributed by atoms with Crippen LogP contribution < -0.4 is 15.6 Å². The van der Waals surface area contributed by atoms with Crippen LogP contribution >= 0.6 is 11.8 Å². The Kier molecular flexibility index (Phi) is 7.47. The van der Waals surface area contributed by atoms with Crippen molar-refractivity contribution in [2.45, 2.75) is 24.3 Å². The molecule has 1 aromatic heterocycles. The quantitative estimate of drug-likeness (QED) is 0.196. The lowest BCUT2D eigenvalue weighted by atomic mass is 10.0. The van der Waals surface area contributed by atoms with Crippen molar-refractivity contribution >= 4 is 40.4 Å². The average molecular weight is 489 g/mol. The number of aromatic nitrogens is 2. The molecular weight excluding hydrogens is 464 g/mol. The fraction of sp³-hybridized carbons (Fsp3) is 0.154. The summed E-state index contributed by atoms with van der Waals surface area (Å²) in [6.07, 6.45) is -0.0531. The number of ether oxygens (including phenoxy) is 1. The Morgan fingerprint density at radius 1 is 0.971 bits per heavy atom. The minimum absolute atomic E-state index is 0.0531. The molecule has 0 aliphatic rings. The van der Waals surface area contributed by atoms with E-state index < -0.39 is 11.8 Å². The third kappa shape index (κ3) is 6.07. The second kappa shape index (κ2) is 10.9. The highest BCUT2D eigenvalue weighted by atomic mass is 32.2. The van der Waals surface area contributed by atoms with Crippen LogP contribution in [0.5, 0.6) is 5.75 Å².